The molecule has 2 atom stereocenters. The monoisotopic (exact) mass is 678 g/mol. The minimum Gasteiger partial charge on any atom is -0.354 e. The molecule has 3 N–H and O–H groups in total. The number of hydrogen-bond donors (Lipinski definition) is 2. The van der Waals surface area contributed by atoms with E-state index in [4.69, 9.17) is 36.3 Å². The van der Waals surface area contributed by atoms with Crippen molar-refractivity contribution >= 4 is 29.5 Å². The highest BCUT2D eigenvalue weighted by Gasteiger charge is 2.32. The molecule has 19 heteroatoms. The number of ether oxygens (including phenoxy) is 4. The Hall–Kier alpha value is -3.45. The van der Waals surface area contributed by atoms with E-state index in [2.05, 4.69) is 15.3 Å². The molecule has 12 nitrogen and oxygen atoms in total. The molecule has 0 aliphatic rings. The molecule has 0 bridgehead atoms. The molecule has 0 aliphatic heterocycles. The van der Waals surface area contributed by atoms with Gasteiger partial charge in [0.2, 0.25) is 0 Å². The van der Waals surface area contributed by atoms with Crippen LogP contribution in [0.5, 0.6) is 0 Å². The molecule has 0 saturated carbocycles. The first-order valence-electron chi connectivity index (χ1n) is 12.6. The molecule has 2 aromatic heterocycles. The quantitative estimate of drug-likeness (QED) is 0.206. The van der Waals surface area contributed by atoms with E-state index in [0.717, 1.165) is 36.7 Å². The highest BCUT2D eigenvalue weighted by molar-refractivity contribution is 6.29. The van der Waals surface area contributed by atoms with Gasteiger partial charge in [-0.2, -0.15) is 26.3 Å². The number of carbonyl (C=O) groups excluding carboxylic acids is 2. The fraction of sp³-hybridized carbons (Fsp3) is 0.538. The average molecular weight is 679 g/mol. The van der Waals surface area contributed by atoms with Crippen molar-refractivity contribution in [3.05, 3.63) is 52.9 Å². The number of nitrogens with one attached hydrogen (secondary N) is 1. The molecule has 2 aromatic rings. The second kappa shape index (κ2) is 19.2. The number of nitrogens with zero attached hydrogens (tertiary/aromatic N) is 4. The summed E-state index contributed by atoms with van der Waals surface area (Å²) >= 11 is 5.24. The Morgan fingerprint density at radius 1 is 0.800 bits per heavy atom. The number of pyridine rings is 2. The number of methoxy groups -OCH3 is 4. The maximum atomic E-state index is 12.6. The van der Waals surface area contributed by atoms with E-state index in [1.165, 1.54) is 45.3 Å². The summed E-state index contributed by atoms with van der Waals surface area (Å²) in [6, 6.07) is 1.46. The maximum absolute atomic E-state index is 12.6. The van der Waals surface area contributed by atoms with E-state index in [1.54, 1.807) is 20.9 Å². The summed E-state index contributed by atoms with van der Waals surface area (Å²) in [7, 11) is 8.94. The zero-order valence-electron chi connectivity index (χ0n) is 25.7. The van der Waals surface area contributed by atoms with E-state index in [1.807, 2.05) is 0 Å². The summed E-state index contributed by atoms with van der Waals surface area (Å²) in [5.41, 5.74) is 3.39. The van der Waals surface area contributed by atoms with Crippen molar-refractivity contribution < 1.29 is 54.9 Å². The summed E-state index contributed by atoms with van der Waals surface area (Å²) in [6.07, 6.45) is -7.95. The lowest BCUT2D eigenvalue weighted by molar-refractivity contribution is -0.138. The third kappa shape index (κ3) is 14.5. The van der Waals surface area contributed by atoms with Gasteiger partial charge in [0.25, 0.3) is 0 Å². The predicted molar refractivity (Wildman–Crippen MR) is 152 cm³/mol. The topological polar surface area (TPSA) is 141 Å². The molecule has 256 valence electrons. The lowest BCUT2D eigenvalue weighted by Crippen LogP contribution is -2.46. The number of halogens is 7. The normalized spacial score (nSPS) is 12.7. The standard InChI is InChI=1S/C13H18F3N3O3.C7H16N2O3.C6H3ClF3N/c1-8(11(21-3)22-4)19(2)12(20)18-10-7-9(5-6-17-10)13(14,15)16;1-5(6(11-3)12-4)9(2)7(8)10;7-5-3-4(1-2-11-5)6(8,9)10/h5-8,11H,1-4H3,(H,17,18,20);5-6H,1-4H3,(H2,8,10);1-3H. The van der Waals surface area contributed by atoms with Crippen molar-refractivity contribution in [2.45, 2.75) is 50.9 Å². The second-order valence-corrected chi connectivity index (χ2v) is 9.33. The van der Waals surface area contributed by atoms with Crippen molar-refractivity contribution in [2.24, 2.45) is 5.73 Å². The largest absolute Gasteiger partial charge is 0.416 e. The van der Waals surface area contributed by atoms with Crippen LogP contribution in [-0.2, 0) is 31.3 Å². The second-order valence-electron chi connectivity index (χ2n) is 8.94. The number of hydrogen-bond acceptors (Lipinski definition) is 8. The molecular weight excluding hydrogens is 642 g/mol. The number of carbonyl (C=O) groups is 2. The smallest absolute Gasteiger partial charge is 0.354 e. The van der Waals surface area contributed by atoms with Gasteiger partial charge in [-0.05, 0) is 38.1 Å². The van der Waals surface area contributed by atoms with Crippen LogP contribution in [0.15, 0.2) is 36.7 Å². The van der Waals surface area contributed by atoms with Gasteiger partial charge in [0.15, 0.2) is 12.6 Å². The van der Waals surface area contributed by atoms with Gasteiger partial charge in [0.1, 0.15) is 11.0 Å². The zero-order chi connectivity index (χ0) is 35.1. The van der Waals surface area contributed by atoms with Crippen molar-refractivity contribution in [3.63, 3.8) is 0 Å². The molecule has 2 heterocycles. The van der Waals surface area contributed by atoms with Gasteiger partial charge >= 0.3 is 24.4 Å². The number of amides is 4. The van der Waals surface area contributed by atoms with E-state index in [-0.39, 0.29) is 17.0 Å². The molecule has 4 amide bonds. The van der Waals surface area contributed by atoms with Crippen molar-refractivity contribution in [1.82, 2.24) is 19.8 Å². The fourth-order valence-corrected chi connectivity index (χ4v) is 3.36. The van der Waals surface area contributed by atoms with Crippen LogP contribution >= 0.6 is 11.6 Å². The lowest BCUT2D eigenvalue weighted by Gasteiger charge is -2.29. The number of rotatable bonds is 9. The summed E-state index contributed by atoms with van der Waals surface area (Å²) in [6.45, 7) is 3.47. The van der Waals surface area contributed by atoms with E-state index in [0.29, 0.717) is 0 Å². The molecule has 2 rings (SSSR count). The zero-order valence-corrected chi connectivity index (χ0v) is 26.5. The Morgan fingerprint density at radius 3 is 1.56 bits per heavy atom. The number of alkyl halides is 6. The number of aromatic nitrogens is 2. The van der Waals surface area contributed by atoms with Crippen LogP contribution in [-0.4, -0.2) is 99.0 Å². The summed E-state index contributed by atoms with van der Waals surface area (Å²) < 4.78 is 93.5. The van der Waals surface area contributed by atoms with E-state index >= 15 is 0 Å². The van der Waals surface area contributed by atoms with Gasteiger partial charge in [-0.1, -0.05) is 11.6 Å². The van der Waals surface area contributed by atoms with Crippen LogP contribution in [0.25, 0.3) is 0 Å². The van der Waals surface area contributed by atoms with Gasteiger partial charge in [0.05, 0.1) is 23.2 Å². The first kappa shape index (κ1) is 41.5. The van der Waals surface area contributed by atoms with Gasteiger partial charge in [-0.25, -0.2) is 19.6 Å². The molecule has 0 radical (unpaired) electrons. The van der Waals surface area contributed by atoms with Crippen LogP contribution < -0.4 is 11.1 Å². The molecular formula is C26H37ClF6N6O6. The van der Waals surface area contributed by atoms with Crippen LogP contribution in [0, 0.1) is 0 Å². The SMILES string of the molecule is COC(OC)C(C)N(C)C(=O)Nc1cc(C(F)(F)F)ccn1.COC(OC)C(C)N(C)C(N)=O.FC(F)(F)c1ccnc(Cl)c1. The van der Waals surface area contributed by atoms with Gasteiger partial charge in [0, 0.05) is 54.9 Å². The summed E-state index contributed by atoms with van der Waals surface area (Å²) in [5, 5.41) is 2.15. The number of likely N-dealkylation sites (N-methyl/N-ethyl adjacent to an activating group) is 2. The van der Waals surface area contributed by atoms with Crippen LogP contribution in [0.4, 0.5) is 41.7 Å². The third-order valence-corrected chi connectivity index (χ3v) is 6.19. The number of nitrogens with two attached hydrogens (primary N) is 1. The predicted octanol–water partition coefficient (Wildman–Crippen LogP) is 5.33. The summed E-state index contributed by atoms with van der Waals surface area (Å²) in [4.78, 5) is 32.5. The maximum Gasteiger partial charge on any atom is 0.416 e. The molecule has 0 saturated heterocycles. The molecule has 0 spiro atoms. The van der Waals surface area contributed by atoms with Crippen LogP contribution in [0.1, 0.15) is 25.0 Å². The highest BCUT2D eigenvalue weighted by Crippen LogP contribution is 2.30. The highest BCUT2D eigenvalue weighted by atomic mass is 35.5. The van der Waals surface area contributed by atoms with E-state index in [9.17, 15) is 35.9 Å². The molecule has 2 unspecified atom stereocenters. The van der Waals surface area contributed by atoms with Crippen molar-refractivity contribution in [3.8, 4) is 0 Å². The number of urea groups is 2. The number of anilines is 1. The summed E-state index contributed by atoms with van der Waals surface area (Å²) in [5.74, 6) is -0.190. The Kier molecular flexibility index (Phi) is 17.7. The average Bonchev–Trinajstić information content (AvgIpc) is 2.97. The first-order valence-corrected chi connectivity index (χ1v) is 13.0. The molecule has 0 aliphatic carbocycles. The van der Waals surface area contributed by atoms with E-state index < -0.39 is 54.2 Å². The fourth-order valence-electron chi connectivity index (χ4n) is 3.18. The molecule has 0 aromatic carbocycles. The van der Waals surface area contributed by atoms with Crippen molar-refractivity contribution in [2.75, 3.05) is 47.9 Å². The van der Waals surface area contributed by atoms with Gasteiger partial charge < -0.3 is 34.5 Å². The third-order valence-electron chi connectivity index (χ3n) is 5.98. The first-order chi connectivity index (χ1) is 20.7. The lowest BCUT2D eigenvalue weighted by atomic mass is 10.2. The molecule has 45 heavy (non-hydrogen) atoms. The Bertz CT molecular complexity index is 1190. The Morgan fingerprint density at radius 2 is 1.20 bits per heavy atom. The van der Waals surface area contributed by atoms with Gasteiger partial charge in [-0.3, -0.25) is 5.32 Å². The Balaban J connectivity index is 0.000000710. The van der Waals surface area contributed by atoms with Crippen LogP contribution in [0.2, 0.25) is 5.15 Å². The van der Waals surface area contributed by atoms with Gasteiger partial charge in [-0.15, -0.1) is 0 Å². The Labute approximate surface area is 261 Å². The minimum absolute atomic E-state index is 0.153. The van der Waals surface area contributed by atoms with Crippen LogP contribution in [0.3, 0.4) is 0 Å². The minimum atomic E-state index is -4.50. The molecule has 0 fully saturated rings. The number of primary amides is 1. The van der Waals surface area contributed by atoms with Crippen molar-refractivity contribution in [1.29, 1.82) is 0 Å².